The number of hydrogen-bond acceptors (Lipinski definition) is 5. The molecule has 0 atom stereocenters. The largest absolute Gasteiger partial charge is 0.494 e. The lowest BCUT2D eigenvalue weighted by molar-refractivity contribution is 0.0502. The lowest BCUT2D eigenvalue weighted by Crippen LogP contribution is -2.03. The average molecular weight is 495 g/mol. The first-order valence-electron chi connectivity index (χ1n) is 12.3. The molecule has 0 amide bonds. The first-order valence-corrected chi connectivity index (χ1v) is 12.3. The predicted octanol–water partition coefficient (Wildman–Crippen LogP) is 7.69. The summed E-state index contributed by atoms with van der Waals surface area (Å²) in [5.41, 5.74) is 4.16. The molecule has 0 aliphatic carbocycles. The minimum Gasteiger partial charge on any atom is -0.494 e. The fraction of sp³-hybridized carbons (Fsp3) is 0.188. The molecule has 0 N–H and O–H groups in total. The average Bonchev–Trinajstić information content (AvgIpc) is 2.95. The van der Waals surface area contributed by atoms with Crippen molar-refractivity contribution in [2.75, 3.05) is 34.4 Å². The van der Waals surface area contributed by atoms with E-state index in [-0.39, 0.29) is 13.6 Å². The second-order valence-electron chi connectivity index (χ2n) is 8.59. The first-order chi connectivity index (χ1) is 18.2. The van der Waals surface area contributed by atoms with Crippen molar-refractivity contribution in [3.8, 4) is 39.5 Å². The molecule has 5 nitrogen and oxygen atoms in total. The van der Waals surface area contributed by atoms with Gasteiger partial charge in [0.25, 0.3) is 0 Å². The molecule has 188 valence electrons. The Morgan fingerprint density at radius 3 is 1.78 bits per heavy atom. The van der Waals surface area contributed by atoms with Crippen molar-refractivity contribution in [3.63, 3.8) is 0 Å². The van der Waals surface area contributed by atoms with Gasteiger partial charge in [0.1, 0.15) is 17.2 Å². The Hall–Kier alpha value is -4.06. The van der Waals surface area contributed by atoms with E-state index < -0.39 is 0 Å². The Morgan fingerprint density at radius 1 is 0.541 bits per heavy atom. The van der Waals surface area contributed by atoms with E-state index in [9.17, 15) is 0 Å². The highest BCUT2D eigenvalue weighted by Crippen LogP contribution is 2.46. The number of methoxy groups -OCH3 is 2. The third-order valence-corrected chi connectivity index (χ3v) is 6.29. The summed E-state index contributed by atoms with van der Waals surface area (Å²) in [5, 5.41) is 4.34. The Morgan fingerprint density at radius 2 is 1.14 bits per heavy atom. The molecule has 0 radical (unpaired) electrons. The summed E-state index contributed by atoms with van der Waals surface area (Å²) in [6.45, 7) is 2.92. The van der Waals surface area contributed by atoms with E-state index >= 15 is 0 Å². The standard InChI is InChI=1S/C32H30O5/c1-4-35-26-14-9-22(10-15-26)24-11-16-28-25(19-24)13-18-30(37-21-34-3)32(28)31-27-8-6-5-7-23(27)12-17-29(31)36-20-33-2/h5-19H,4,20-21H2,1-3H3. The summed E-state index contributed by atoms with van der Waals surface area (Å²) in [6.07, 6.45) is 0. The van der Waals surface area contributed by atoms with Crippen LogP contribution in [0.15, 0.2) is 91.0 Å². The fourth-order valence-electron chi connectivity index (χ4n) is 4.65. The fourth-order valence-corrected chi connectivity index (χ4v) is 4.65. The maximum atomic E-state index is 6.09. The zero-order valence-corrected chi connectivity index (χ0v) is 21.3. The van der Waals surface area contributed by atoms with Crippen LogP contribution in [0.4, 0.5) is 0 Å². The normalized spacial score (nSPS) is 11.1. The molecule has 0 aliphatic heterocycles. The molecule has 5 heteroatoms. The Labute approximate surface area is 217 Å². The smallest absolute Gasteiger partial charge is 0.188 e. The van der Waals surface area contributed by atoms with Crippen molar-refractivity contribution >= 4 is 21.5 Å². The molecule has 0 saturated carbocycles. The van der Waals surface area contributed by atoms with E-state index in [0.29, 0.717) is 6.61 Å². The van der Waals surface area contributed by atoms with Crippen LogP contribution in [0.3, 0.4) is 0 Å². The molecule has 5 aromatic carbocycles. The van der Waals surface area contributed by atoms with Gasteiger partial charge in [0.05, 0.1) is 6.61 Å². The maximum Gasteiger partial charge on any atom is 0.188 e. The van der Waals surface area contributed by atoms with E-state index in [2.05, 4.69) is 54.6 Å². The summed E-state index contributed by atoms with van der Waals surface area (Å²) < 4.78 is 28.2. The van der Waals surface area contributed by atoms with Gasteiger partial charge < -0.3 is 23.7 Å². The minimum atomic E-state index is 0.141. The molecule has 37 heavy (non-hydrogen) atoms. The van der Waals surface area contributed by atoms with Gasteiger partial charge in [-0.3, -0.25) is 0 Å². The first kappa shape index (κ1) is 24.6. The van der Waals surface area contributed by atoms with Crippen LogP contribution in [-0.2, 0) is 9.47 Å². The van der Waals surface area contributed by atoms with Gasteiger partial charge in [-0.25, -0.2) is 0 Å². The molecule has 0 saturated heterocycles. The van der Waals surface area contributed by atoms with Crippen LogP contribution in [0.1, 0.15) is 6.92 Å². The van der Waals surface area contributed by atoms with Gasteiger partial charge in [-0.2, -0.15) is 0 Å². The Balaban J connectivity index is 1.72. The van der Waals surface area contributed by atoms with E-state index in [1.807, 2.05) is 43.3 Å². The highest BCUT2D eigenvalue weighted by molar-refractivity contribution is 6.10. The second kappa shape index (κ2) is 11.3. The van der Waals surface area contributed by atoms with Gasteiger partial charge >= 0.3 is 0 Å². The highest BCUT2D eigenvalue weighted by Gasteiger charge is 2.19. The van der Waals surface area contributed by atoms with Crippen molar-refractivity contribution < 1.29 is 23.7 Å². The summed E-state index contributed by atoms with van der Waals surface area (Å²) >= 11 is 0. The van der Waals surface area contributed by atoms with Crippen LogP contribution in [0.25, 0.3) is 43.8 Å². The van der Waals surface area contributed by atoms with Crippen LogP contribution < -0.4 is 14.2 Å². The zero-order valence-electron chi connectivity index (χ0n) is 21.3. The van der Waals surface area contributed by atoms with Gasteiger partial charge in [0.15, 0.2) is 13.6 Å². The summed E-state index contributed by atoms with van der Waals surface area (Å²) in [6, 6.07) is 31.1. The zero-order chi connectivity index (χ0) is 25.6. The lowest BCUT2D eigenvalue weighted by Gasteiger charge is -2.19. The van der Waals surface area contributed by atoms with Crippen molar-refractivity contribution in [1.29, 1.82) is 0 Å². The molecule has 0 bridgehead atoms. The summed E-state index contributed by atoms with van der Waals surface area (Å²) in [4.78, 5) is 0. The predicted molar refractivity (Wildman–Crippen MR) is 149 cm³/mol. The Kier molecular flexibility index (Phi) is 7.54. The topological polar surface area (TPSA) is 46.2 Å². The van der Waals surface area contributed by atoms with Gasteiger partial charge in [0.2, 0.25) is 0 Å². The molecule has 0 fully saturated rings. The lowest BCUT2D eigenvalue weighted by atomic mass is 9.91. The van der Waals surface area contributed by atoms with Gasteiger partial charge in [-0.1, -0.05) is 60.7 Å². The maximum absolute atomic E-state index is 6.09. The molecule has 5 rings (SSSR count). The Bertz CT molecular complexity index is 1510. The molecular weight excluding hydrogens is 464 g/mol. The molecular formula is C32H30O5. The molecule has 0 aromatic heterocycles. The van der Waals surface area contributed by atoms with Gasteiger partial charge in [-0.05, 0) is 69.9 Å². The van der Waals surface area contributed by atoms with Crippen molar-refractivity contribution in [1.82, 2.24) is 0 Å². The third-order valence-electron chi connectivity index (χ3n) is 6.29. The number of benzene rings is 5. The van der Waals surface area contributed by atoms with Crippen LogP contribution in [0, 0.1) is 0 Å². The second-order valence-corrected chi connectivity index (χ2v) is 8.59. The number of rotatable bonds is 10. The van der Waals surface area contributed by atoms with E-state index in [4.69, 9.17) is 23.7 Å². The van der Waals surface area contributed by atoms with Gasteiger partial charge in [0, 0.05) is 25.3 Å². The van der Waals surface area contributed by atoms with E-state index in [1.165, 1.54) is 0 Å². The summed E-state index contributed by atoms with van der Waals surface area (Å²) in [5.74, 6) is 2.32. The van der Waals surface area contributed by atoms with E-state index in [1.54, 1.807) is 14.2 Å². The van der Waals surface area contributed by atoms with E-state index in [0.717, 1.165) is 61.0 Å². The molecule has 5 aromatic rings. The highest BCUT2D eigenvalue weighted by atomic mass is 16.7. The number of ether oxygens (including phenoxy) is 5. The van der Waals surface area contributed by atoms with Crippen LogP contribution in [0.5, 0.6) is 17.2 Å². The monoisotopic (exact) mass is 494 g/mol. The molecule has 0 heterocycles. The van der Waals surface area contributed by atoms with Gasteiger partial charge in [-0.15, -0.1) is 0 Å². The van der Waals surface area contributed by atoms with Crippen molar-refractivity contribution in [2.24, 2.45) is 0 Å². The molecule has 0 spiro atoms. The minimum absolute atomic E-state index is 0.141. The van der Waals surface area contributed by atoms with Crippen LogP contribution >= 0.6 is 0 Å². The third kappa shape index (κ3) is 5.10. The SMILES string of the molecule is CCOc1ccc(-c2ccc3c(-c4c(OCOC)ccc5ccccc45)c(OCOC)ccc3c2)cc1. The quantitative estimate of drug-likeness (QED) is 0.186. The van der Waals surface area contributed by atoms with Crippen LogP contribution in [-0.4, -0.2) is 34.4 Å². The van der Waals surface area contributed by atoms with Crippen molar-refractivity contribution in [2.45, 2.75) is 6.92 Å². The summed E-state index contributed by atoms with van der Waals surface area (Å²) in [7, 11) is 3.24. The number of fused-ring (bicyclic) bond motifs is 2. The number of hydrogen-bond donors (Lipinski definition) is 0. The van der Waals surface area contributed by atoms with Crippen LogP contribution in [0.2, 0.25) is 0 Å². The molecule has 0 unspecified atom stereocenters. The van der Waals surface area contributed by atoms with Crippen molar-refractivity contribution in [3.05, 3.63) is 91.0 Å². The molecule has 0 aliphatic rings.